The lowest BCUT2D eigenvalue weighted by Crippen LogP contribution is -2.19. The van der Waals surface area contributed by atoms with Gasteiger partial charge in [0.25, 0.3) is 0 Å². The average molecular weight is 233 g/mol. The van der Waals surface area contributed by atoms with Crippen molar-refractivity contribution in [3.63, 3.8) is 0 Å². The molecule has 3 N–H and O–H groups in total. The number of thiol groups is 1. The molecule has 1 atom stereocenters. The zero-order chi connectivity index (χ0) is 10.7. The number of rotatable bonds is 3. The first-order chi connectivity index (χ1) is 6.49. The van der Waals surface area contributed by atoms with E-state index in [1.54, 1.807) is 6.07 Å². The molecule has 1 rings (SSSR count). The van der Waals surface area contributed by atoms with E-state index in [2.05, 4.69) is 41.8 Å². The number of hydrogen-bond acceptors (Lipinski definition) is 5. The number of nitrogen functional groups attached to an aromatic ring is 1. The lowest BCUT2D eigenvalue weighted by atomic mass is 10.2. The fraction of sp³-hybridized carbons (Fsp3) is 0.500. The predicted molar refractivity (Wildman–Crippen MR) is 62.7 cm³/mol. The Morgan fingerprint density at radius 3 is 2.64 bits per heavy atom. The minimum Gasteiger partial charge on any atom is -0.383 e. The van der Waals surface area contributed by atoms with Crippen molar-refractivity contribution in [3.05, 3.63) is 11.3 Å². The topological polar surface area (TPSA) is 63.8 Å². The molecular weight excluding hydrogens is 220 g/mol. The Kier molecular flexibility index (Phi) is 3.83. The maximum atomic E-state index is 5.65. The van der Waals surface area contributed by atoms with Crippen molar-refractivity contribution < 1.29 is 0 Å². The molecule has 1 aromatic rings. The minimum absolute atomic E-state index is 0.0142. The van der Waals surface area contributed by atoms with Crippen molar-refractivity contribution in [3.8, 4) is 0 Å². The van der Waals surface area contributed by atoms with E-state index in [-0.39, 0.29) is 10.7 Å². The maximum absolute atomic E-state index is 5.65. The van der Waals surface area contributed by atoms with Gasteiger partial charge in [0.05, 0.1) is 5.37 Å². The average Bonchev–Trinajstić information content (AvgIpc) is 2.01. The Morgan fingerprint density at radius 1 is 1.50 bits per heavy atom. The van der Waals surface area contributed by atoms with E-state index in [0.717, 1.165) is 0 Å². The van der Waals surface area contributed by atoms with Crippen LogP contribution in [0, 0.1) is 5.92 Å². The molecule has 1 aromatic heterocycles. The summed E-state index contributed by atoms with van der Waals surface area (Å²) in [6, 6.07) is 1.62. The summed E-state index contributed by atoms with van der Waals surface area (Å²) in [4.78, 5) is 7.72. The fourth-order valence-corrected chi connectivity index (χ4v) is 1.15. The van der Waals surface area contributed by atoms with Crippen molar-refractivity contribution in [2.75, 3.05) is 11.1 Å². The van der Waals surface area contributed by atoms with Gasteiger partial charge in [-0.1, -0.05) is 13.8 Å². The monoisotopic (exact) mass is 232 g/mol. The molecule has 0 aromatic carbocycles. The summed E-state index contributed by atoms with van der Waals surface area (Å²) in [7, 11) is 0. The first-order valence-corrected chi connectivity index (χ1v) is 5.13. The van der Waals surface area contributed by atoms with Gasteiger partial charge in [0, 0.05) is 6.07 Å². The number of halogens is 1. The van der Waals surface area contributed by atoms with Crippen LogP contribution in [0.4, 0.5) is 11.6 Å². The molecular formula is C8H13ClN4S. The van der Waals surface area contributed by atoms with E-state index in [9.17, 15) is 0 Å². The molecule has 0 unspecified atom stereocenters. The van der Waals surface area contributed by atoms with Crippen molar-refractivity contribution >= 4 is 35.9 Å². The van der Waals surface area contributed by atoms with Crippen molar-refractivity contribution in [1.82, 2.24) is 9.97 Å². The molecule has 0 bridgehead atoms. The van der Waals surface area contributed by atoms with Gasteiger partial charge in [-0.15, -0.1) is 0 Å². The SMILES string of the molecule is CC(C)[C@H](S)Nc1cc(N)nc(Cl)n1. The largest absolute Gasteiger partial charge is 0.383 e. The predicted octanol–water partition coefficient (Wildman–Crippen LogP) is 2.04. The maximum Gasteiger partial charge on any atom is 0.226 e. The second-order valence-electron chi connectivity index (χ2n) is 3.28. The van der Waals surface area contributed by atoms with Gasteiger partial charge in [-0.05, 0) is 17.5 Å². The molecule has 0 aliphatic carbocycles. The zero-order valence-electron chi connectivity index (χ0n) is 8.03. The van der Waals surface area contributed by atoms with E-state index in [1.165, 1.54) is 0 Å². The molecule has 78 valence electrons. The molecule has 4 nitrogen and oxygen atoms in total. The Hall–Kier alpha value is -0.680. The summed E-state index contributed by atoms with van der Waals surface area (Å²) in [5.41, 5.74) is 5.51. The van der Waals surface area contributed by atoms with E-state index in [4.69, 9.17) is 17.3 Å². The van der Waals surface area contributed by atoms with E-state index in [1.807, 2.05) is 0 Å². The third kappa shape index (κ3) is 3.23. The van der Waals surface area contributed by atoms with Crippen LogP contribution in [-0.4, -0.2) is 15.3 Å². The lowest BCUT2D eigenvalue weighted by Gasteiger charge is -2.17. The minimum atomic E-state index is 0.0142. The molecule has 0 amide bonds. The highest BCUT2D eigenvalue weighted by atomic mass is 35.5. The zero-order valence-corrected chi connectivity index (χ0v) is 9.68. The Morgan fingerprint density at radius 2 is 2.14 bits per heavy atom. The number of nitrogens with two attached hydrogens (primary N) is 1. The van der Waals surface area contributed by atoms with Crippen molar-refractivity contribution in [2.45, 2.75) is 19.2 Å². The number of anilines is 2. The van der Waals surface area contributed by atoms with Crippen LogP contribution in [0.1, 0.15) is 13.8 Å². The highest BCUT2D eigenvalue weighted by Gasteiger charge is 2.09. The summed E-state index contributed by atoms with van der Waals surface area (Å²) >= 11 is 10.00. The highest BCUT2D eigenvalue weighted by molar-refractivity contribution is 7.81. The highest BCUT2D eigenvalue weighted by Crippen LogP contribution is 2.16. The van der Waals surface area contributed by atoms with Gasteiger partial charge < -0.3 is 11.1 Å². The first kappa shape index (κ1) is 11.4. The quantitative estimate of drug-likeness (QED) is 0.424. The smallest absolute Gasteiger partial charge is 0.226 e. The van der Waals surface area contributed by atoms with Gasteiger partial charge >= 0.3 is 0 Å². The molecule has 1 heterocycles. The van der Waals surface area contributed by atoms with Crippen molar-refractivity contribution in [2.24, 2.45) is 5.92 Å². The fourth-order valence-electron chi connectivity index (χ4n) is 0.828. The number of aromatic nitrogens is 2. The molecule has 0 aliphatic heterocycles. The molecule has 0 spiro atoms. The molecule has 0 saturated heterocycles. The summed E-state index contributed by atoms with van der Waals surface area (Å²) in [6.45, 7) is 4.10. The van der Waals surface area contributed by atoms with E-state index >= 15 is 0 Å². The summed E-state index contributed by atoms with van der Waals surface area (Å²) in [5, 5.41) is 3.22. The second kappa shape index (κ2) is 4.70. The number of hydrogen-bond donors (Lipinski definition) is 3. The second-order valence-corrected chi connectivity index (χ2v) is 4.17. The van der Waals surface area contributed by atoms with Crippen LogP contribution in [0.2, 0.25) is 5.28 Å². The van der Waals surface area contributed by atoms with Crippen LogP contribution in [0.3, 0.4) is 0 Å². The third-order valence-electron chi connectivity index (χ3n) is 1.65. The summed E-state index contributed by atoms with van der Waals surface area (Å²) in [6.07, 6.45) is 0. The van der Waals surface area contributed by atoms with Crippen LogP contribution in [0.25, 0.3) is 0 Å². The Bertz CT molecular complexity index is 298. The van der Waals surface area contributed by atoms with Crippen molar-refractivity contribution in [1.29, 1.82) is 0 Å². The Balaban J connectivity index is 2.76. The van der Waals surface area contributed by atoms with Crippen LogP contribution < -0.4 is 11.1 Å². The van der Waals surface area contributed by atoms with Gasteiger partial charge in [0.1, 0.15) is 11.6 Å². The summed E-state index contributed by atoms with van der Waals surface area (Å²) in [5.74, 6) is 1.32. The van der Waals surface area contributed by atoms with Gasteiger partial charge in [0.2, 0.25) is 5.28 Å². The van der Waals surface area contributed by atoms with Crippen LogP contribution in [0.5, 0.6) is 0 Å². The third-order valence-corrected chi connectivity index (χ3v) is 2.54. The molecule has 0 radical (unpaired) electrons. The molecule has 0 saturated carbocycles. The van der Waals surface area contributed by atoms with E-state index < -0.39 is 0 Å². The van der Waals surface area contributed by atoms with Gasteiger partial charge in [-0.25, -0.2) is 9.97 Å². The number of nitrogens with one attached hydrogen (secondary N) is 1. The lowest BCUT2D eigenvalue weighted by molar-refractivity contribution is 0.652. The molecule has 0 aliphatic rings. The molecule has 14 heavy (non-hydrogen) atoms. The van der Waals surface area contributed by atoms with E-state index in [0.29, 0.717) is 17.6 Å². The van der Waals surface area contributed by atoms with Crippen LogP contribution in [-0.2, 0) is 0 Å². The van der Waals surface area contributed by atoms with Gasteiger partial charge in [0.15, 0.2) is 0 Å². The summed E-state index contributed by atoms with van der Waals surface area (Å²) < 4.78 is 0. The Labute approximate surface area is 93.7 Å². The van der Waals surface area contributed by atoms with Gasteiger partial charge in [-0.2, -0.15) is 12.6 Å². The number of nitrogens with zero attached hydrogens (tertiary/aromatic N) is 2. The normalized spacial score (nSPS) is 12.9. The van der Waals surface area contributed by atoms with Crippen LogP contribution in [0.15, 0.2) is 6.07 Å². The van der Waals surface area contributed by atoms with Crippen LogP contribution >= 0.6 is 24.2 Å². The standard InChI is InChI=1S/C8H13ClN4S/c1-4(2)7(14)12-6-3-5(10)11-8(9)13-6/h3-4,7,14H,1-2H3,(H3,10,11,12,13)/t7-/m0/s1. The molecule has 0 fully saturated rings. The van der Waals surface area contributed by atoms with Gasteiger partial charge in [-0.3, -0.25) is 0 Å². The first-order valence-electron chi connectivity index (χ1n) is 4.23. The molecule has 6 heteroatoms.